The minimum atomic E-state index is -1.07. The molecule has 1 fully saturated rings. The lowest BCUT2D eigenvalue weighted by Crippen LogP contribution is -2.49. The molecule has 2 rings (SSSR count). The quantitative estimate of drug-likeness (QED) is 0.581. The second-order valence-electron chi connectivity index (χ2n) is 5.30. The summed E-state index contributed by atoms with van der Waals surface area (Å²) in [4.78, 5) is 31.9. The van der Waals surface area contributed by atoms with E-state index in [1.807, 2.05) is 7.05 Å². The molecule has 21 heavy (non-hydrogen) atoms. The molecule has 1 saturated heterocycles. The summed E-state index contributed by atoms with van der Waals surface area (Å²) in [6.45, 7) is 1.56. The Labute approximate surface area is 122 Å². The number of H-pyrrole nitrogens is 1. The molecule has 2 amide bonds. The van der Waals surface area contributed by atoms with Gasteiger partial charge in [0.2, 0.25) is 0 Å². The van der Waals surface area contributed by atoms with E-state index in [2.05, 4.69) is 25.5 Å². The first-order chi connectivity index (χ1) is 10.1. The number of urea groups is 1. The van der Waals surface area contributed by atoms with E-state index in [1.165, 1.54) is 6.33 Å². The first-order valence-corrected chi connectivity index (χ1v) is 7.01. The van der Waals surface area contributed by atoms with Crippen LogP contribution in [0.2, 0.25) is 0 Å². The molecule has 0 spiro atoms. The van der Waals surface area contributed by atoms with Gasteiger partial charge < -0.3 is 25.6 Å². The van der Waals surface area contributed by atoms with E-state index >= 15 is 0 Å². The molecular weight excluding hydrogens is 274 g/mol. The minimum absolute atomic E-state index is 0.173. The molecule has 0 aliphatic carbocycles. The Kier molecular flexibility index (Phi) is 5.15. The number of carbonyl (C=O) groups is 2. The molecule has 2 atom stereocenters. The van der Waals surface area contributed by atoms with Crippen LogP contribution in [0, 0.1) is 0 Å². The zero-order valence-electron chi connectivity index (χ0n) is 12.0. The molecule has 0 bridgehead atoms. The van der Waals surface area contributed by atoms with Crippen LogP contribution in [-0.2, 0) is 11.2 Å². The summed E-state index contributed by atoms with van der Waals surface area (Å²) in [5.74, 6) is -1.07. The average molecular weight is 295 g/mol. The molecule has 8 nitrogen and oxygen atoms in total. The zero-order valence-corrected chi connectivity index (χ0v) is 12.0. The second kappa shape index (κ2) is 7.07. The number of imidazole rings is 1. The SMILES string of the molecule is CN1CCCC1CNC(=O)N[C@@H](Cc1cnc[nH]1)C(=O)O. The van der Waals surface area contributed by atoms with Gasteiger partial charge in [-0.05, 0) is 26.4 Å². The van der Waals surface area contributed by atoms with Crippen molar-refractivity contribution in [1.29, 1.82) is 0 Å². The van der Waals surface area contributed by atoms with Crippen LogP contribution in [-0.4, -0.2) is 64.2 Å². The Morgan fingerprint density at radius 1 is 1.62 bits per heavy atom. The highest BCUT2D eigenvalue weighted by molar-refractivity contribution is 5.82. The van der Waals surface area contributed by atoms with Crippen LogP contribution < -0.4 is 10.6 Å². The lowest BCUT2D eigenvalue weighted by Gasteiger charge is -2.20. The van der Waals surface area contributed by atoms with Gasteiger partial charge in [0.05, 0.1) is 6.33 Å². The van der Waals surface area contributed by atoms with Gasteiger partial charge in [0.25, 0.3) is 0 Å². The van der Waals surface area contributed by atoms with Crippen molar-refractivity contribution in [2.75, 3.05) is 20.1 Å². The smallest absolute Gasteiger partial charge is 0.326 e. The zero-order chi connectivity index (χ0) is 15.2. The number of carbonyl (C=O) groups excluding carboxylic acids is 1. The summed E-state index contributed by atoms with van der Waals surface area (Å²) >= 11 is 0. The van der Waals surface area contributed by atoms with Gasteiger partial charge in [0, 0.05) is 30.9 Å². The Balaban J connectivity index is 1.79. The summed E-state index contributed by atoms with van der Waals surface area (Å²) in [7, 11) is 2.02. The van der Waals surface area contributed by atoms with Crippen molar-refractivity contribution in [2.24, 2.45) is 0 Å². The topological polar surface area (TPSA) is 110 Å². The standard InChI is InChI=1S/C13H21N5O3/c1-18-4-2-3-10(18)7-15-13(21)17-11(12(19)20)5-9-6-14-8-16-9/h6,8,10-11H,2-5,7H2,1H3,(H,14,16)(H,19,20)(H2,15,17,21)/t10?,11-/m0/s1. The highest BCUT2D eigenvalue weighted by Crippen LogP contribution is 2.13. The fourth-order valence-electron chi connectivity index (χ4n) is 2.47. The van der Waals surface area contributed by atoms with Crippen LogP contribution in [0.5, 0.6) is 0 Å². The molecule has 8 heteroatoms. The molecule has 0 radical (unpaired) electrons. The van der Waals surface area contributed by atoms with Crippen molar-refractivity contribution in [1.82, 2.24) is 25.5 Å². The van der Waals surface area contributed by atoms with Crippen molar-refractivity contribution >= 4 is 12.0 Å². The second-order valence-corrected chi connectivity index (χ2v) is 5.30. The highest BCUT2D eigenvalue weighted by atomic mass is 16.4. The molecule has 1 aliphatic rings. The number of nitrogens with zero attached hydrogens (tertiary/aromatic N) is 2. The number of aromatic amines is 1. The fourth-order valence-corrected chi connectivity index (χ4v) is 2.47. The number of hydrogen-bond donors (Lipinski definition) is 4. The Morgan fingerprint density at radius 3 is 3.00 bits per heavy atom. The maximum Gasteiger partial charge on any atom is 0.326 e. The molecule has 1 unspecified atom stereocenters. The maximum atomic E-state index is 11.8. The van der Waals surface area contributed by atoms with E-state index in [0.717, 1.165) is 19.4 Å². The van der Waals surface area contributed by atoms with Crippen LogP contribution in [0.4, 0.5) is 4.79 Å². The third-order valence-electron chi connectivity index (χ3n) is 3.75. The largest absolute Gasteiger partial charge is 0.480 e. The highest BCUT2D eigenvalue weighted by Gasteiger charge is 2.23. The number of likely N-dealkylation sites (tertiary alicyclic amines) is 1. The third-order valence-corrected chi connectivity index (χ3v) is 3.75. The lowest BCUT2D eigenvalue weighted by atomic mass is 10.1. The van der Waals surface area contributed by atoms with Crippen LogP contribution in [0.1, 0.15) is 18.5 Å². The summed E-state index contributed by atoms with van der Waals surface area (Å²) in [6.07, 6.45) is 5.37. The Bertz CT molecular complexity index is 476. The Hall–Kier alpha value is -2.09. The Morgan fingerprint density at radius 2 is 2.43 bits per heavy atom. The fraction of sp³-hybridized carbons (Fsp3) is 0.615. The molecule has 4 N–H and O–H groups in total. The minimum Gasteiger partial charge on any atom is -0.480 e. The molecule has 1 aromatic heterocycles. The number of aromatic nitrogens is 2. The van der Waals surface area contributed by atoms with E-state index in [9.17, 15) is 9.59 Å². The number of aliphatic carboxylic acids is 1. The van der Waals surface area contributed by atoms with Gasteiger partial charge in [0.1, 0.15) is 6.04 Å². The lowest BCUT2D eigenvalue weighted by molar-refractivity contribution is -0.139. The van der Waals surface area contributed by atoms with E-state index in [0.29, 0.717) is 18.3 Å². The van der Waals surface area contributed by atoms with Crippen molar-refractivity contribution in [2.45, 2.75) is 31.3 Å². The summed E-state index contributed by atoms with van der Waals surface area (Å²) in [6, 6.07) is -1.11. The average Bonchev–Trinajstić information content (AvgIpc) is 3.07. The van der Waals surface area contributed by atoms with E-state index in [-0.39, 0.29) is 6.42 Å². The molecule has 1 aromatic rings. The van der Waals surface area contributed by atoms with Gasteiger partial charge in [-0.15, -0.1) is 0 Å². The van der Waals surface area contributed by atoms with Crippen LogP contribution >= 0.6 is 0 Å². The van der Waals surface area contributed by atoms with E-state index in [4.69, 9.17) is 5.11 Å². The summed E-state index contributed by atoms with van der Waals surface area (Å²) < 4.78 is 0. The molecule has 0 aromatic carbocycles. The van der Waals surface area contributed by atoms with Gasteiger partial charge >= 0.3 is 12.0 Å². The predicted molar refractivity (Wildman–Crippen MR) is 75.9 cm³/mol. The first kappa shape index (κ1) is 15.3. The van der Waals surface area contributed by atoms with E-state index < -0.39 is 18.0 Å². The van der Waals surface area contributed by atoms with Crippen LogP contribution in [0.25, 0.3) is 0 Å². The van der Waals surface area contributed by atoms with Crippen molar-refractivity contribution < 1.29 is 14.7 Å². The molecule has 2 heterocycles. The van der Waals surface area contributed by atoms with E-state index in [1.54, 1.807) is 6.20 Å². The molecule has 1 aliphatic heterocycles. The van der Waals surface area contributed by atoms with Crippen molar-refractivity contribution in [3.05, 3.63) is 18.2 Å². The van der Waals surface area contributed by atoms with Gasteiger partial charge in [-0.2, -0.15) is 0 Å². The number of carboxylic acid groups (broad SMARTS) is 1. The molecule has 116 valence electrons. The number of nitrogens with one attached hydrogen (secondary N) is 3. The number of amides is 2. The van der Waals surface area contributed by atoms with Crippen LogP contribution in [0.3, 0.4) is 0 Å². The predicted octanol–water partition coefficient (Wildman–Crippen LogP) is -0.201. The number of hydrogen-bond acceptors (Lipinski definition) is 4. The van der Waals surface area contributed by atoms with Crippen molar-refractivity contribution in [3.63, 3.8) is 0 Å². The molecule has 0 saturated carbocycles. The van der Waals surface area contributed by atoms with Gasteiger partial charge in [-0.1, -0.05) is 0 Å². The number of likely N-dealkylation sites (N-methyl/N-ethyl adjacent to an activating group) is 1. The number of carboxylic acids is 1. The maximum absolute atomic E-state index is 11.8. The monoisotopic (exact) mass is 295 g/mol. The third kappa shape index (κ3) is 4.45. The summed E-state index contributed by atoms with van der Waals surface area (Å²) in [5, 5.41) is 14.4. The van der Waals surface area contributed by atoms with Gasteiger partial charge in [-0.3, -0.25) is 0 Å². The first-order valence-electron chi connectivity index (χ1n) is 7.01. The van der Waals surface area contributed by atoms with Crippen LogP contribution in [0.15, 0.2) is 12.5 Å². The normalized spacial score (nSPS) is 20.1. The number of rotatable bonds is 6. The van der Waals surface area contributed by atoms with Gasteiger partial charge in [0.15, 0.2) is 0 Å². The van der Waals surface area contributed by atoms with Gasteiger partial charge in [-0.25, -0.2) is 14.6 Å². The summed E-state index contributed by atoms with van der Waals surface area (Å²) in [5.41, 5.74) is 0.665. The van der Waals surface area contributed by atoms with Crippen molar-refractivity contribution in [3.8, 4) is 0 Å². The molecular formula is C13H21N5O3.